The maximum Gasteiger partial charge on any atom is 0.255 e. The van der Waals surface area contributed by atoms with Gasteiger partial charge in [-0.05, 0) is 50.5 Å². The number of anilines is 3. The second-order valence-corrected chi connectivity index (χ2v) is 9.25. The maximum absolute atomic E-state index is 13.3. The summed E-state index contributed by atoms with van der Waals surface area (Å²) in [4.78, 5) is 38.1. The van der Waals surface area contributed by atoms with E-state index in [0.29, 0.717) is 41.9 Å². The summed E-state index contributed by atoms with van der Waals surface area (Å²) in [6.45, 7) is 4.72. The third-order valence-corrected chi connectivity index (χ3v) is 6.19. The van der Waals surface area contributed by atoms with E-state index in [2.05, 4.69) is 32.3 Å². The van der Waals surface area contributed by atoms with Crippen LogP contribution >= 0.6 is 0 Å². The monoisotopic (exact) mass is 528 g/mol. The Morgan fingerprint density at radius 1 is 1.10 bits per heavy atom. The first-order valence-corrected chi connectivity index (χ1v) is 12.3. The van der Waals surface area contributed by atoms with Gasteiger partial charge in [-0.1, -0.05) is 12.6 Å². The van der Waals surface area contributed by atoms with Gasteiger partial charge in [-0.3, -0.25) is 14.3 Å². The third kappa shape index (κ3) is 6.21. The number of hydrogen-bond acceptors (Lipinski definition) is 8. The molecule has 2 aromatic carbocycles. The standard InChI is InChI=1S/C28H32N8O3/c1-7-26(37)31-22-16-23(25(39-6)15-20(22)27(38)35(4)13-12-34(2)3)33-28-29-11-10-21(32-28)18-8-9-24-19(14-18)17-30-36(24)5/h7-11,14-17H,1,12-13H2,2-6H3,(H,31,37)(H,29,32,33). The van der Waals surface area contributed by atoms with Crippen LogP contribution in [0.25, 0.3) is 22.2 Å². The van der Waals surface area contributed by atoms with Crippen LogP contribution in [0.5, 0.6) is 5.75 Å². The van der Waals surface area contributed by atoms with E-state index >= 15 is 0 Å². The fourth-order valence-corrected chi connectivity index (χ4v) is 3.99. The normalized spacial score (nSPS) is 10.9. The molecule has 0 aliphatic heterocycles. The molecule has 2 amide bonds. The van der Waals surface area contributed by atoms with E-state index in [1.807, 2.05) is 61.2 Å². The Hall–Kier alpha value is -4.77. The van der Waals surface area contributed by atoms with Crippen LogP contribution in [0, 0.1) is 0 Å². The zero-order valence-corrected chi connectivity index (χ0v) is 22.7. The van der Waals surface area contributed by atoms with Gasteiger partial charge in [0.05, 0.1) is 41.5 Å². The Morgan fingerprint density at radius 3 is 2.62 bits per heavy atom. The fourth-order valence-electron chi connectivity index (χ4n) is 3.99. The summed E-state index contributed by atoms with van der Waals surface area (Å²) in [7, 11) is 8.99. The number of amides is 2. The van der Waals surface area contributed by atoms with Crippen molar-refractivity contribution >= 4 is 40.0 Å². The molecule has 0 aliphatic carbocycles. The number of aromatic nitrogens is 4. The first-order valence-electron chi connectivity index (χ1n) is 12.3. The number of ether oxygens (including phenoxy) is 1. The number of hydrogen-bond donors (Lipinski definition) is 2. The van der Waals surface area contributed by atoms with Crippen LogP contribution in [0.1, 0.15) is 10.4 Å². The number of nitrogens with zero attached hydrogens (tertiary/aromatic N) is 6. The third-order valence-electron chi connectivity index (χ3n) is 6.19. The average molecular weight is 529 g/mol. The lowest BCUT2D eigenvalue weighted by molar-refractivity contribution is -0.111. The van der Waals surface area contributed by atoms with Crippen molar-refractivity contribution in [2.24, 2.45) is 7.05 Å². The van der Waals surface area contributed by atoms with Gasteiger partial charge < -0.3 is 25.2 Å². The van der Waals surface area contributed by atoms with Crippen LogP contribution in [0.4, 0.5) is 17.3 Å². The van der Waals surface area contributed by atoms with Gasteiger partial charge in [-0.25, -0.2) is 9.97 Å². The summed E-state index contributed by atoms with van der Waals surface area (Å²) in [6.07, 6.45) is 4.61. The lowest BCUT2D eigenvalue weighted by Crippen LogP contribution is -2.34. The fraction of sp³-hybridized carbons (Fsp3) is 0.250. The van der Waals surface area contributed by atoms with Crippen molar-refractivity contribution in [3.05, 3.63) is 67.0 Å². The van der Waals surface area contributed by atoms with Gasteiger partial charge in [0.25, 0.3) is 5.91 Å². The van der Waals surface area contributed by atoms with Crippen molar-refractivity contribution in [1.29, 1.82) is 0 Å². The van der Waals surface area contributed by atoms with E-state index in [-0.39, 0.29) is 11.5 Å². The van der Waals surface area contributed by atoms with Gasteiger partial charge in [0.1, 0.15) is 5.75 Å². The number of carbonyl (C=O) groups is 2. The smallest absolute Gasteiger partial charge is 0.255 e. The number of methoxy groups -OCH3 is 1. The molecule has 0 unspecified atom stereocenters. The van der Waals surface area contributed by atoms with E-state index in [4.69, 9.17) is 4.74 Å². The number of fused-ring (bicyclic) bond motifs is 1. The molecular formula is C28H32N8O3. The molecule has 11 nitrogen and oxygen atoms in total. The first-order chi connectivity index (χ1) is 18.7. The van der Waals surface area contributed by atoms with Crippen LogP contribution in [0.2, 0.25) is 0 Å². The number of aryl methyl sites for hydroxylation is 1. The predicted molar refractivity (Wildman–Crippen MR) is 152 cm³/mol. The molecule has 4 rings (SSSR count). The summed E-state index contributed by atoms with van der Waals surface area (Å²) in [5.41, 5.74) is 3.72. The van der Waals surface area contributed by atoms with Gasteiger partial charge in [0.15, 0.2) is 0 Å². The number of carbonyl (C=O) groups excluding carboxylic acids is 2. The molecular weight excluding hydrogens is 496 g/mol. The zero-order valence-electron chi connectivity index (χ0n) is 22.7. The van der Waals surface area contributed by atoms with Crippen LogP contribution in [-0.4, -0.2) is 82.7 Å². The molecule has 202 valence electrons. The Balaban J connectivity index is 1.68. The minimum absolute atomic E-state index is 0.259. The highest BCUT2D eigenvalue weighted by Gasteiger charge is 2.21. The summed E-state index contributed by atoms with van der Waals surface area (Å²) in [5, 5.41) is 11.2. The van der Waals surface area contributed by atoms with Gasteiger partial charge in [-0.15, -0.1) is 0 Å². The molecule has 11 heteroatoms. The molecule has 2 aromatic heterocycles. The van der Waals surface area contributed by atoms with Crippen molar-refractivity contribution in [3.8, 4) is 17.0 Å². The SMILES string of the molecule is C=CC(=O)Nc1cc(Nc2nccc(-c3ccc4c(cnn4C)c3)n2)c(OC)cc1C(=O)N(C)CCN(C)C. The molecule has 0 bridgehead atoms. The Labute approximate surface area is 227 Å². The number of likely N-dealkylation sites (N-methyl/N-ethyl adjacent to an activating group) is 2. The minimum atomic E-state index is -0.444. The topological polar surface area (TPSA) is 118 Å². The Morgan fingerprint density at radius 2 is 1.90 bits per heavy atom. The van der Waals surface area contributed by atoms with E-state index in [1.165, 1.54) is 7.11 Å². The molecule has 0 spiro atoms. The minimum Gasteiger partial charge on any atom is -0.495 e. The van der Waals surface area contributed by atoms with Gasteiger partial charge in [0.2, 0.25) is 11.9 Å². The van der Waals surface area contributed by atoms with Gasteiger partial charge in [0, 0.05) is 44.3 Å². The van der Waals surface area contributed by atoms with Crippen molar-refractivity contribution in [2.75, 3.05) is 52.0 Å². The van der Waals surface area contributed by atoms with Crippen LogP contribution in [-0.2, 0) is 11.8 Å². The highest BCUT2D eigenvalue weighted by molar-refractivity contribution is 6.07. The number of benzene rings is 2. The van der Waals surface area contributed by atoms with E-state index < -0.39 is 5.91 Å². The van der Waals surface area contributed by atoms with Crippen molar-refractivity contribution in [3.63, 3.8) is 0 Å². The molecule has 0 fully saturated rings. The molecule has 2 heterocycles. The molecule has 4 aromatic rings. The van der Waals surface area contributed by atoms with Gasteiger partial charge >= 0.3 is 0 Å². The lowest BCUT2D eigenvalue weighted by Gasteiger charge is -2.22. The molecule has 0 saturated heterocycles. The quantitative estimate of drug-likeness (QED) is 0.300. The average Bonchev–Trinajstić information content (AvgIpc) is 3.31. The summed E-state index contributed by atoms with van der Waals surface area (Å²) in [6, 6.07) is 11.0. The Kier molecular flexibility index (Phi) is 8.21. The predicted octanol–water partition coefficient (Wildman–Crippen LogP) is 3.54. The highest BCUT2D eigenvalue weighted by atomic mass is 16.5. The maximum atomic E-state index is 13.3. The van der Waals surface area contributed by atoms with E-state index in [0.717, 1.165) is 22.5 Å². The zero-order chi connectivity index (χ0) is 28.1. The van der Waals surface area contributed by atoms with Crippen molar-refractivity contribution in [2.45, 2.75) is 0 Å². The van der Waals surface area contributed by atoms with Crippen molar-refractivity contribution < 1.29 is 14.3 Å². The second kappa shape index (κ2) is 11.7. The largest absolute Gasteiger partial charge is 0.495 e. The Bertz CT molecular complexity index is 1530. The first kappa shape index (κ1) is 27.3. The lowest BCUT2D eigenvalue weighted by atomic mass is 10.1. The molecule has 0 saturated carbocycles. The molecule has 0 radical (unpaired) electrons. The molecule has 2 N–H and O–H groups in total. The van der Waals surface area contributed by atoms with Crippen molar-refractivity contribution in [1.82, 2.24) is 29.5 Å². The second-order valence-electron chi connectivity index (χ2n) is 9.25. The molecule has 0 aliphatic rings. The number of nitrogens with one attached hydrogen (secondary N) is 2. The summed E-state index contributed by atoms with van der Waals surface area (Å²) < 4.78 is 7.41. The summed E-state index contributed by atoms with van der Waals surface area (Å²) >= 11 is 0. The summed E-state index contributed by atoms with van der Waals surface area (Å²) in [5.74, 6) is 0.00672. The van der Waals surface area contributed by atoms with Crippen LogP contribution in [0.3, 0.4) is 0 Å². The highest BCUT2D eigenvalue weighted by Crippen LogP contribution is 2.34. The number of rotatable bonds is 10. The van der Waals surface area contributed by atoms with Crippen LogP contribution in [0.15, 0.2) is 61.4 Å². The van der Waals surface area contributed by atoms with Gasteiger partial charge in [-0.2, -0.15) is 5.10 Å². The van der Waals surface area contributed by atoms with Crippen LogP contribution < -0.4 is 15.4 Å². The van der Waals surface area contributed by atoms with E-state index in [1.54, 1.807) is 30.3 Å². The van der Waals surface area contributed by atoms with E-state index in [9.17, 15) is 9.59 Å². The molecule has 0 atom stereocenters. The molecule has 39 heavy (non-hydrogen) atoms.